The Labute approximate surface area is 269 Å². The van der Waals surface area contributed by atoms with Crippen LogP contribution in [0.3, 0.4) is 0 Å². The zero-order chi connectivity index (χ0) is 33.6. The predicted octanol–water partition coefficient (Wildman–Crippen LogP) is 5.49. The second-order valence-electron chi connectivity index (χ2n) is 10.7. The highest BCUT2D eigenvalue weighted by molar-refractivity contribution is 6.36. The molecule has 10 nitrogen and oxygen atoms in total. The van der Waals surface area contributed by atoms with Crippen LogP contribution in [0.25, 0.3) is 22.2 Å². The Balaban J connectivity index is 1.58. The summed E-state index contributed by atoms with van der Waals surface area (Å²) in [6.07, 6.45) is -2.46. The molecule has 1 aliphatic rings. The molecule has 46 heavy (non-hydrogen) atoms. The van der Waals surface area contributed by atoms with Crippen LogP contribution in [0.2, 0.25) is 10.0 Å². The van der Waals surface area contributed by atoms with E-state index in [4.69, 9.17) is 38.4 Å². The van der Waals surface area contributed by atoms with Crippen molar-refractivity contribution in [3.63, 3.8) is 0 Å². The van der Waals surface area contributed by atoms with E-state index in [1.165, 1.54) is 19.2 Å². The number of nitrogens with one attached hydrogen (secondary N) is 1. The summed E-state index contributed by atoms with van der Waals surface area (Å²) >= 11 is 12.1. The van der Waals surface area contributed by atoms with Crippen LogP contribution in [0.4, 0.5) is 17.6 Å². The molecule has 5 rings (SSSR count). The van der Waals surface area contributed by atoms with E-state index in [2.05, 4.69) is 15.4 Å². The first-order chi connectivity index (χ1) is 21.7. The van der Waals surface area contributed by atoms with Crippen molar-refractivity contribution in [1.29, 1.82) is 0 Å². The van der Waals surface area contributed by atoms with Gasteiger partial charge in [-0.15, -0.1) is 0 Å². The smallest absolute Gasteiger partial charge is 0.424 e. The number of carbonyl (C=O) groups is 2. The van der Waals surface area contributed by atoms with E-state index >= 15 is 0 Å². The minimum Gasteiger partial charge on any atom is -0.494 e. The fourth-order valence-corrected chi connectivity index (χ4v) is 5.36. The zero-order valence-electron chi connectivity index (χ0n) is 24.3. The maximum absolute atomic E-state index is 14.7. The van der Waals surface area contributed by atoms with Crippen LogP contribution in [0.1, 0.15) is 47.4 Å². The van der Waals surface area contributed by atoms with Crippen molar-refractivity contribution >= 4 is 45.9 Å². The summed E-state index contributed by atoms with van der Waals surface area (Å²) in [6, 6.07) is 5.63. The molecule has 4 N–H and O–H groups in total. The maximum atomic E-state index is 14.7. The van der Waals surface area contributed by atoms with Crippen molar-refractivity contribution in [2.45, 2.75) is 44.0 Å². The first-order valence-electron chi connectivity index (χ1n) is 13.9. The molecule has 1 fully saturated rings. The minimum atomic E-state index is -5.43. The molecule has 0 bridgehead atoms. The van der Waals surface area contributed by atoms with Crippen molar-refractivity contribution in [1.82, 2.24) is 20.1 Å². The third kappa shape index (κ3) is 6.42. The Morgan fingerprint density at radius 2 is 1.87 bits per heavy atom. The Morgan fingerprint density at radius 3 is 2.48 bits per heavy atom. The first-order valence-corrected chi connectivity index (χ1v) is 14.7. The number of fused-ring (bicyclic) bond motifs is 1. The number of nitrogens with two attached hydrogens (primary N) is 1. The summed E-state index contributed by atoms with van der Waals surface area (Å²) < 4.78 is 71.4. The Bertz CT molecular complexity index is 1850. The highest BCUT2D eigenvalue weighted by Crippen LogP contribution is 2.44. The molecule has 16 heteroatoms. The van der Waals surface area contributed by atoms with Crippen LogP contribution < -0.4 is 20.5 Å². The highest BCUT2D eigenvalue weighted by Gasteiger charge is 2.57. The Morgan fingerprint density at radius 1 is 1.15 bits per heavy atom. The van der Waals surface area contributed by atoms with Gasteiger partial charge in [0, 0.05) is 28.3 Å². The number of aromatic nitrogens is 3. The zero-order valence-corrected chi connectivity index (χ0v) is 25.9. The Kier molecular flexibility index (Phi) is 9.08. The van der Waals surface area contributed by atoms with Gasteiger partial charge in [-0.05, 0) is 50.1 Å². The van der Waals surface area contributed by atoms with Gasteiger partial charge in [-0.25, -0.2) is 9.37 Å². The lowest BCUT2D eigenvalue weighted by atomic mass is 9.93. The molecule has 0 spiro atoms. The van der Waals surface area contributed by atoms with Gasteiger partial charge in [0.15, 0.2) is 0 Å². The number of carbonyl (C=O) groups excluding carboxylic acids is 2. The molecule has 0 unspecified atom stereocenters. The summed E-state index contributed by atoms with van der Waals surface area (Å²) in [5.74, 6) is -2.87. The predicted molar refractivity (Wildman–Crippen MR) is 161 cm³/mol. The molecule has 0 aliphatic heterocycles. The number of benzene rings is 2. The van der Waals surface area contributed by atoms with Crippen LogP contribution in [0.15, 0.2) is 36.5 Å². The van der Waals surface area contributed by atoms with Crippen LogP contribution in [0, 0.1) is 5.82 Å². The lowest BCUT2D eigenvalue weighted by Crippen LogP contribution is -2.51. The third-order valence-electron chi connectivity index (χ3n) is 7.36. The van der Waals surface area contributed by atoms with Crippen LogP contribution in [0.5, 0.6) is 11.5 Å². The molecule has 1 saturated carbocycles. The molecule has 1 atom stereocenters. The standard InChI is InChI=1S/C30H27Cl2F4N5O5/c1-3-46-27-14(9-24(37)42)8-23(39-26(27)18-10-21(33)20(32)11-19(18)31)29(44,30(34,35)36)13-38-28(43)15-6-16-12-41(17-4-5-17)40-25(16)22(7-15)45-2/h6-8,10-12,17,44H,3-5,9,13H2,1-2H3,(H2,37,42)(H,38,43)/t29-/m0/s1. The number of aliphatic hydroxyl groups is 1. The fraction of sp³-hybridized carbons (Fsp3) is 0.333. The lowest BCUT2D eigenvalue weighted by molar-refractivity contribution is -0.265. The van der Waals surface area contributed by atoms with Crippen LogP contribution >= 0.6 is 23.2 Å². The Hall–Kier alpha value is -4.14. The molecule has 1 aliphatic carbocycles. The number of pyridine rings is 1. The number of nitrogens with zero attached hydrogens (tertiary/aromatic N) is 3. The summed E-state index contributed by atoms with van der Waals surface area (Å²) in [5, 5.41) is 17.8. The van der Waals surface area contributed by atoms with E-state index < -0.39 is 53.8 Å². The lowest BCUT2D eigenvalue weighted by Gasteiger charge is -2.31. The van der Waals surface area contributed by atoms with Crippen molar-refractivity contribution in [2.24, 2.45) is 5.73 Å². The van der Waals surface area contributed by atoms with E-state index in [-0.39, 0.29) is 50.9 Å². The van der Waals surface area contributed by atoms with Gasteiger partial charge >= 0.3 is 6.18 Å². The van der Waals surface area contributed by atoms with Gasteiger partial charge in [0.1, 0.15) is 28.5 Å². The number of hydrogen-bond donors (Lipinski definition) is 3. The number of halogens is 6. The number of ether oxygens (including phenoxy) is 2. The van der Waals surface area contributed by atoms with E-state index in [9.17, 15) is 32.3 Å². The molecule has 2 aromatic carbocycles. The molecular weight excluding hydrogens is 657 g/mol. The van der Waals surface area contributed by atoms with Gasteiger partial charge in [-0.3, -0.25) is 14.3 Å². The van der Waals surface area contributed by atoms with Gasteiger partial charge in [0.05, 0.1) is 48.5 Å². The van der Waals surface area contributed by atoms with Crippen molar-refractivity contribution in [2.75, 3.05) is 20.3 Å². The highest BCUT2D eigenvalue weighted by atomic mass is 35.5. The van der Waals surface area contributed by atoms with Gasteiger partial charge in [0.25, 0.3) is 5.91 Å². The van der Waals surface area contributed by atoms with Gasteiger partial charge in [0.2, 0.25) is 11.5 Å². The average molecular weight is 684 g/mol. The summed E-state index contributed by atoms with van der Waals surface area (Å²) in [7, 11) is 1.37. The number of rotatable bonds is 11. The molecular formula is C30H27Cl2F4N5O5. The topological polar surface area (TPSA) is 142 Å². The number of methoxy groups -OCH3 is 1. The number of primary amides is 1. The summed E-state index contributed by atoms with van der Waals surface area (Å²) in [6.45, 7) is 0.108. The largest absolute Gasteiger partial charge is 0.494 e. The van der Waals surface area contributed by atoms with E-state index in [0.717, 1.165) is 31.0 Å². The van der Waals surface area contributed by atoms with Crippen LogP contribution in [-0.4, -0.2) is 58.1 Å². The van der Waals surface area contributed by atoms with E-state index in [0.29, 0.717) is 10.9 Å². The fourth-order valence-electron chi connectivity index (χ4n) is 4.89. The molecule has 0 saturated heterocycles. The number of alkyl halides is 3. The number of amides is 2. The SMILES string of the molecule is CCOc1c(CC(N)=O)cc([C@@](O)(CNC(=O)c2cc(OC)c3nn(C4CC4)cc3c2)C(F)(F)F)nc1-c1cc(F)c(Cl)cc1Cl. The van der Waals surface area contributed by atoms with E-state index in [1.54, 1.807) is 17.8 Å². The number of hydrogen-bond acceptors (Lipinski definition) is 7. The molecule has 2 heterocycles. The molecule has 0 radical (unpaired) electrons. The van der Waals surface area contributed by atoms with E-state index in [1.807, 2.05) is 0 Å². The second-order valence-corrected chi connectivity index (χ2v) is 11.5. The van der Waals surface area contributed by atoms with Gasteiger partial charge in [-0.1, -0.05) is 23.2 Å². The van der Waals surface area contributed by atoms with Crippen LogP contribution in [-0.2, 0) is 16.8 Å². The monoisotopic (exact) mass is 683 g/mol. The third-order valence-corrected chi connectivity index (χ3v) is 7.96. The first kappa shape index (κ1) is 33.2. The average Bonchev–Trinajstić information content (AvgIpc) is 3.75. The normalized spacial score (nSPS) is 14.6. The second kappa shape index (κ2) is 12.6. The molecule has 2 aromatic heterocycles. The molecule has 244 valence electrons. The van der Waals surface area contributed by atoms with Gasteiger partial charge in [-0.2, -0.15) is 18.3 Å². The van der Waals surface area contributed by atoms with Crippen molar-refractivity contribution < 1.29 is 41.7 Å². The molecule has 2 amide bonds. The summed E-state index contributed by atoms with van der Waals surface area (Å²) in [4.78, 5) is 29.2. The maximum Gasteiger partial charge on any atom is 0.424 e. The quantitative estimate of drug-likeness (QED) is 0.140. The van der Waals surface area contributed by atoms with Crippen molar-refractivity contribution in [3.05, 3.63) is 69.2 Å². The molecule has 4 aromatic rings. The minimum absolute atomic E-state index is 0.0412. The van der Waals surface area contributed by atoms with Gasteiger partial charge < -0.3 is 25.6 Å². The summed E-state index contributed by atoms with van der Waals surface area (Å²) in [5.41, 5.74) is 0.0704. The van der Waals surface area contributed by atoms with Crippen molar-refractivity contribution in [3.8, 4) is 22.8 Å².